The molecule has 17 heavy (non-hydrogen) atoms. The van der Waals surface area contributed by atoms with E-state index in [1.165, 1.54) is 0 Å². The van der Waals surface area contributed by atoms with Crippen molar-refractivity contribution in [1.82, 2.24) is 4.90 Å². The number of rotatable bonds is 3. The van der Waals surface area contributed by atoms with Crippen molar-refractivity contribution in [1.29, 1.82) is 0 Å². The number of ether oxygens (including phenoxy) is 1. The summed E-state index contributed by atoms with van der Waals surface area (Å²) in [7, 11) is 0. The molecule has 0 aromatic heterocycles. The fourth-order valence-electron chi connectivity index (χ4n) is 2.05. The van der Waals surface area contributed by atoms with Gasteiger partial charge in [-0.2, -0.15) is 0 Å². The van der Waals surface area contributed by atoms with Crippen LogP contribution in [0.5, 0.6) is 0 Å². The van der Waals surface area contributed by atoms with Gasteiger partial charge in [0.25, 0.3) is 0 Å². The Morgan fingerprint density at radius 1 is 1.41 bits per heavy atom. The average molecular weight is 234 g/mol. The maximum atomic E-state index is 11.3. The van der Waals surface area contributed by atoms with E-state index in [0.717, 1.165) is 44.0 Å². The fraction of sp³-hybridized carbons (Fsp3) is 0.462. The van der Waals surface area contributed by atoms with Crippen LogP contribution in [-0.2, 0) is 11.3 Å². The monoisotopic (exact) mass is 234 g/mol. The maximum Gasteiger partial charge on any atom is 0.248 e. The lowest BCUT2D eigenvalue weighted by Crippen LogP contribution is -2.35. The number of primary amides is 1. The minimum Gasteiger partial charge on any atom is -0.379 e. The first-order valence-electron chi connectivity index (χ1n) is 5.86. The van der Waals surface area contributed by atoms with Crippen molar-refractivity contribution in [3.05, 3.63) is 34.9 Å². The van der Waals surface area contributed by atoms with Gasteiger partial charge in [-0.05, 0) is 24.1 Å². The molecule has 0 radical (unpaired) electrons. The van der Waals surface area contributed by atoms with Crippen LogP contribution in [0.3, 0.4) is 0 Å². The smallest absolute Gasteiger partial charge is 0.248 e. The number of aryl methyl sites for hydroxylation is 1. The first-order chi connectivity index (χ1) is 8.16. The van der Waals surface area contributed by atoms with Crippen molar-refractivity contribution < 1.29 is 9.53 Å². The molecule has 0 atom stereocenters. The van der Waals surface area contributed by atoms with E-state index in [1.807, 2.05) is 19.1 Å². The van der Waals surface area contributed by atoms with Crippen molar-refractivity contribution in [3.63, 3.8) is 0 Å². The Bertz CT molecular complexity index is 412. The number of hydrogen-bond donors (Lipinski definition) is 1. The van der Waals surface area contributed by atoms with Crippen LogP contribution in [0.2, 0.25) is 0 Å². The van der Waals surface area contributed by atoms with Gasteiger partial charge in [-0.25, -0.2) is 0 Å². The summed E-state index contributed by atoms with van der Waals surface area (Å²) in [5, 5.41) is 0. The molecule has 0 spiro atoms. The van der Waals surface area contributed by atoms with E-state index < -0.39 is 0 Å². The van der Waals surface area contributed by atoms with Crippen molar-refractivity contribution in [3.8, 4) is 0 Å². The van der Waals surface area contributed by atoms with Gasteiger partial charge < -0.3 is 10.5 Å². The minimum atomic E-state index is -0.355. The second-order valence-corrected chi connectivity index (χ2v) is 4.40. The van der Waals surface area contributed by atoms with Crippen molar-refractivity contribution >= 4 is 5.91 Å². The quantitative estimate of drug-likeness (QED) is 0.846. The van der Waals surface area contributed by atoms with Crippen LogP contribution in [-0.4, -0.2) is 37.1 Å². The van der Waals surface area contributed by atoms with Gasteiger partial charge >= 0.3 is 0 Å². The Hall–Kier alpha value is -1.39. The Morgan fingerprint density at radius 2 is 2.12 bits per heavy atom. The highest BCUT2D eigenvalue weighted by Gasteiger charge is 2.12. The van der Waals surface area contributed by atoms with Gasteiger partial charge in [0, 0.05) is 25.2 Å². The Morgan fingerprint density at radius 3 is 2.76 bits per heavy atom. The second kappa shape index (κ2) is 5.29. The van der Waals surface area contributed by atoms with E-state index in [1.54, 1.807) is 0 Å². The molecule has 1 aliphatic heterocycles. The zero-order chi connectivity index (χ0) is 12.3. The molecule has 0 bridgehead atoms. The normalized spacial score (nSPS) is 17.0. The number of benzene rings is 1. The standard InChI is InChI=1S/C13H18N2O2/c1-10-2-3-11(8-12(10)13(14)16)9-15-4-6-17-7-5-15/h2-3,8H,4-7,9H2,1H3,(H2,14,16). The molecule has 1 heterocycles. The SMILES string of the molecule is Cc1ccc(CN2CCOCC2)cc1C(N)=O. The van der Waals surface area contributed by atoms with Crippen LogP contribution in [0.4, 0.5) is 0 Å². The van der Waals surface area contributed by atoms with Crippen molar-refractivity contribution in [2.75, 3.05) is 26.3 Å². The van der Waals surface area contributed by atoms with Gasteiger partial charge in [-0.3, -0.25) is 9.69 Å². The maximum absolute atomic E-state index is 11.3. The van der Waals surface area contributed by atoms with E-state index in [4.69, 9.17) is 10.5 Å². The summed E-state index contributed by atoms with van der Waals surface area (Å²) in [5.41, 5.74) is 8.03. The highest BCUT2D eigenvalue weighted by atomic mass is 16.5. The molecule has 1 fully saturated rings. The summed E-state index contributed by atoms with van der Waals surface area (Å²) in [6.45, 7) is 6.21. The molecule has 1 aliphatic rings. The first kappa shape index (κ1) is 12.1. The third kappa shape index (κ3) is 3.05. The number of hydrogen-bond acceptors (Lipinski definition) is 3. The summed E-state index contributed by atoms with van der Waals surface area (Å²) in [6, 6.07) is 5.90. The lowest BCUT2D eigenvalue weighted by molar-refractivity contribution is 0.0342. The van der Waals surface area contributed by atoms with Crippen LogP contribution in [0, 0.1) is 6.92 Å². The van der Waals surface area contributed by atoms with Crippen molar-refractivity contribution in [2.45, 2.75) is 13.5 Å². The van der Waals surface area contributed by atoms with E-state index >= 15 is 0 Å². The van der Waals surface area contributed by atoms with Gasteiger partial charge in [0.1, 0.15) is 0 Å². The number of nitrogens with zero attached hydrogens (tertiary/aromatic N) is 1. The molecule has 1 amide bonds. The van der Waals surface area contributed by atoms with Crippen LogP contribution in [0.25, 0.3) is 0 Å². The van der Waals surface area contributed by atoms with Crippen LogP contribution < -0.4 is 5.73 Å². The molecule has 1 saturated heterocycles. The van der Waals surface area contributed by atoms with E-state index in [2.05, 4.69) is 11.0 Å². The van der Waals surface area contributed by atoms with Gasteiger partial charge in [0.15, 0.2) is 0 Å². The molecule has 0 saturated carbocycles. The summed E-state index contributed by atoms with van der Waals surface area (Å²) >= 11 is 0. The zero-order valence-electron chi connectivity index (χ0n) is 10.1. The number of morpholine rings is 1. The molecule has 4 heteroatoms. The predicted molar refractivity (Wildman–Crippen MR) is 65.8 cm³/mol. The predicted octanol–water partition coefficient (Wildman–Crippen LogP) is 0.926. The molecular formula is C13H18N2O2. The minimum absolute atomic E-state index is 0.355. The number of amides is 1. The summed E-state index contributed by atoms with van der Waals surface area (Å²) in [4.78, 5) is 13.6. The molecule has 1 aromatic rings. The van der Waals surface area contributed by atoms with E-state index in [0.29, 0.717) is 5.56 Å². The number of carbonyl (C=O) groups excluding carboxylic acids is 1. The highest BCUT2D eigenvalue weighted by molar-refractivity contribution is 5.94. The largest absolute Gasteiger partial charge is 0.379 e. The van der Waals surface area contributed by atoms with Crippen LogP contribution in [0.15, 0.2) is 18.2 Å². The zero-order valence-corrected chi connectivity index (χ0v) is 10.1. The Labute approximate surface area is 101 Å². The molecule has 2 rings (SSSR count). The molecule has 1 aromatic carbocycles. The van der Waals surface area contributed by atoms with Crippen LogP contribution in [0.1, 0.15) is 21.5 Å². The molecular weight excluding hydrogens is 216 g/mol. The summed E-state index contributed by atoms with van der Waals surface area (Å²) < 4.78 is 5.30. The topological polar surface area (TPSA) is 55.6 Å². The van der Waals surface area contributed by atoms with Gasteiger partial charge in [0.05, 0.1) is 13.2 Å². The second-order valence-electron chi connectivity index (χ2n) is 4.40. The molecule has 0 unspecified atom stereocenters. The van der Waals surface area contributed by atoms with E-state index in [9.17, 15) is 4.79 Å². The van der Waals surface area contributed by atoms with E-state index in [-0.39, 0.29) is 5.91 Å². The van der Waals surface area contributed by atoms with Crippen molar-refractivity contribution in [2.24, 2.45) is 5.73 Å². The Balaban J connectivity index is 2.10. The third-order valence-electron chi connectivity index (χ3n) is 3.08. The fourth-order valence-corrected chi connectivity index (χ4v) is 2.05. The summed E-state index contributed by atoms with van der Waals surface area (Å²) in [5.74, 6) is -0.355. The molecule has 4 nitrogen and oxygen atoms in total. The Kier molecular flexibility index (Phi) is 3.76. The first-order valence-corrected chi connectivity index (χ1v) is 5.86. The number of nitrogens with two attached hydrogens (primary N) is 1. The summed E-state index contributed by atoms with van der Waals surface area (Å²) in [6.07, 6.45) is 0. The molecule has 0 aliphatic carbocycles. The van der Waals surface area contributed by atoms with Crippen LogP contribution >= 0.6 is 0 Å². The van der Waals surface area contributed by atoms with Gasteiger partial charge in [-0.15, -0.1) is 0 Å². The highest BCUT2D eigenvalue weighted by Crippen LogP contribution is 2.13. The van der Waals surface area contributed by atoms with Gasteiger partial charge in [-0.1, -0.05) is 12.1 Å². The lowest BCUT2D eigenvalue weighted by atomic mass is 10.0. The molecule has 2 N–H and O–H groups in total. The third-order valence-corrected chi connectivity index (χ3v) is 3.08. The average Bonchev–Trinajstić information content (AvgIpc) is 2.32. The lowest BCUT2D eigenvalue weighted by Gasteiger charge is -2.26. The number of carbonyl (C=O) groups is 1. The van der Waals surface area contributed by atoms with Gasteiger partial charge in [0.2, 0.25) is 5.91 Å². The molecule has 92 valence electrons.